The molecule has 0 radical (unpaired) electrons. The van der Waals surface area contributed by atoms with Gasteiger partial charge in [0.25, 0.3) is 0 Å². The van der Waals surface area contributed by atoms with Crippen LogP contribution < -0.4 is 0 Å². The molecule has 0 atom stereocenters. The Labute approximate surface area is 79.5 Å². The molecule has 0 unspecified atom stereocenters. The van der Waals surface area contributed by atoms with Crippen molar-refractivity contribution in [3.8, 4) is 0 Å². The van der Waals surface area contributed by atoms with Crippen LogP contribution in [-0.2, 0) is 6.42 Å². The Morgan fingerprint density at radius 3 is 2.77 bits per heavy atom. The maximum Gasteiger partial charge on any atom is 0.0667 e. The minimum Gasteiger partial charge on any atom is -0.257 e. The van der Waals surface area contributed by atoms with Gasteiger partial charge in [-0.15, -0.1) is 0 Å². The molecule has 0 spiro atoms. The Morgan fingerprint density at radius 1 is 1.31 bits per heavy atom. The van der Waals surface area contributed by atoms with Crippen LogP contribution in [0.3, 0.4) is 0 Å². The average molecular weight is 173 g/mol. The summed E-state index contributed by atoms with van der Waals surface area (Å²) >= 11 is 0. The topological polar surface area (TPSA) is 12.4 Å². The quantitative estimate of drug-likeness (QED) is 0.618. The van der Waals surface area contributed by atoms with Crippen LogP contribution in [0.4, 0.5) is 5.69 Å². The van der Waals surface area contributed by atoms with Crippen molar-refractivity contribution in [2.75, 3.05) is 0 Å². The molecule has 0 saturated carbocycles. The molecular formula is C12H15N. The third kappa shape index (κ3) is 1.51. The highest BCUT2D eigenvalue weighted by Crippen LogP contribution is 2.29. The fourth-order valence-electron chi connectivity index (χ4n) is 1.65. The van der Waals surface area contributed by atoms with Gasteiger partial charge in [-0.05, 0) is 30.0 Å². The van der Waals surface area contributed by atoms with Gasteiger partial charge >= 0.3 is 0 Å². The van der Waals surface area contributed by atoms with Gasteiger partial charge < -0.3 is 0 Å². The Kier molecular flexibility index (Phi) is 1.95. The van der Waals surface area contributed by atoms with Gasteiger partial charge in [-0.1, -0.05) is 26.0 Å². The van der Waals surface area contributed by atoms with Crippen LogP contribution in [0.2, 0.25) is 0 Å². The summed E-state index contributed by atoms with van der Waals surface area (Å²) in [6.45, 7) is 6.53. The molecule has 0 aromatic heterocycles. The summed E-state index contributed by atoms with van der Waals surface area (Å²) in [7, 11) is 0. The number of fused-ring (bicyclic) bond motifs is 1. The van der Waals surface area contributed by atoms with Crippen molar-refractivity contribution in [2.45, 2.75) is 27.2 Å². The molecule has 0 amide bonds. The van der Waals surface area contributed by atoms with Crippen LogP contribution >= 0.6 is 0 Å². The van der Waals surface area contributed by atoms with E-state index in [0.717, 1.165) is 6.42 Å². The van der Waals surface area contributed by atoms with Gasteiger partial charge in [0, 0.05) is 12.1 Å². The summed E-state index contributed by atoms with van der Waals surface area (Å²) < 4.78 is 0. The van der Waals surface area contributed by atoms with E-state index in [4.69, 9.17) is 0 Å². The molecule has 1 heteroatoms. The van der Waals surface area contributed by atoms with Crippen molar-refractivity contribution < 1.29 is 0 Å². The summed E-state index contributed by atoms with van der Waals surface area (Å²) in [6.07, 6.45) is 1.05. The molecular weight excluding hydrogens is 158 g/mol. The van der Waals surface area contributed by atoms with Crippen LogP contribution in [-0.4, -0.2) is 5.71 Å². The molecule has 0 fully saturated rings. The van der Waals surface area contributed by atoms with Crippen molar-refractivity contribution in [3.05, 3.63) is 29.3 Å². The summed E-state index contributed by atoms with van der Waals surface area (Å²) in [4.78, 5) is 4.63. The molecule has 1 aliphatic heterocycles. The minimum absolute atomic E-state index is 0.577. The van der Waals surface area contributed by atoms with Gasteiger partial charge in [-0.2, -0.15) is 0 Å². The lowest BCUT2D eigenvalue weighted by Gasteiger charge is -2.01. The highest BCUT2D eigenvalue weighted by atomic mass is 14.8. The first-order valence-electron chi connectivity index (χ1n) is 4.84. The third-order valence-electron chi connectivity index (χ3n) is 2.54. The maximum absolute atomic E-state index is 4.63. The fraction of sp³-hybridized carbons (Fsp3) is 0.417. The lowest BCUT2D eigenvalue weighted by molar-refractivity contribution is 0.871. The van der Waals surface area contributed by atoms with Gasteiger partial charge in [-0.25, -0.2) is 0 Å². The number of aryl methyl sites for hydroxylation is 1. The predicted molar refractivity (Wildman–Crippen MR) is 56.8 cm³/mol. The number of rotatable bonds is 1. The molecule has 1 aromatic rings. The zero-order chi connectivity index (χ0) is 9.42. The molecule has 0 saturated heterocycles. The molecule has 0 bridgehead atoms. The highest BCUT2D eigenvalue weighted by Gasteiger charge is 2.16. The lowest BCUT2D eigenvalue weighted by Crippen LogP contribution is -2.06. The zero-order valence-corrected chi connectivity index (χ0v) is 8.46. The Morgan fingerprint density at radius 2 is 2.08 bits per heavy atom. The van der Waals surface area contributed by atoms with Crippen molar-refractivity contribution in [1.29, 1.82) is 0 Å². The van der Waals surface area contributed by atoms with Crippen LogP contribution in [0.25, 0.3) is 0 Å². The number of nitrogens with zero attached hydrogens (tertiary/aromatic N) is 1. The van der Waals surface area contributed by atoms with Crippen LogP contribution in [0.1, 0.15) is 25.0 Å². The normalized spacial score (nSPS) is 14.6. The Bertz CT molecular complexity index is 361. The highest BCUT2D eigenvalue weighted by molar-refractivity contribution is 5.95. The third-order valence-corrected chi connectivity index (χ3v) is 2.54. The van der Waals surface area contributed by atoms with E-state index in [9.17, 15) is 0 Å². The Balaban J connectivity index is 2.38. The van der Waals surface area contributed by atoms with E-state index < -0.39 is 0 Å². The minimum atomic E-state index is 0.577. The largest absolute Gasteiger partial charge is 0.257 e. The van der Waals surface area contributed by atoms with E-state index >= 15 is 0 Å². The van der Waals surface area contributed by atoms with Gasteiger partial charge in [0.1, 0.15) is 0 Å². The van der Waals surface area contributed by atoms with E-state index in [1.54, 1.807) is 0 Å². The molecule has 1 heterocycles. The summed E-state index contributed by atoms with van der Waals surface area (Å²) in [6, 6.07) is 6.53. The van der Waals surface area contributed by atoms with Gasteiger partial charge in [0.2, 0.25) is 0 Å². The van der Waals surface area contributed by atoms with Gasteiger partial charge in [0.05, 0.1) is 5.69 Å². The molecule has 1 nitrogen and oxygen atoms in total. The number of aliphatic imine (C=N–C) groups is 1. The number of hydrogen-bond donors (Lipinski definition) is 0. The lowest BCUT2D eigenvalue weighted by atomic mass is 10.0. The smallest absolute Gasteiger partial charge is 0.0667 e. The first-order chi connectivity index (χ1) is 6.16. The van der Waals surface area contributed by atoms with Gasteiger partial charge in [0.15, 0.2) is 0 Å². The van der Waals surface area contributed by atoms with Crippen molar-refractivity contribution in [1.82, 2.24) is 0 Å². The van der Waals surface area contributed by atoms with Crippen LogP contribution in [0.15, 0.2) is 23.2 Å². The molecule has 1 aromatic carbocycles. The van der Waals surface area contributed by atoms with E-state index in [0.29, 0.717) is 5.92 Å². The zero-order valence-electron chi connectivity index (χ0n) is 8.46. The summed E-state index contributed by atoms with van der Waals surface area (Å²) in [5.41, 5.74) is 5.19. The first kappa shape index (κ1) is 8.49. The fourth-order valence-corrected chi connectivity index (χ4v) is 1.65. The second-order valence-electron chi connectivity index (χ2n) is 4.07. The molecule has 2 rings (SSSR count). The molecule has 68 valence electrons. The second-order valence-corrected chi connectivity index (χ2v) is 4.07. The summed E-state index contributed by atoms with van der Waals surface area (Å²) in [5, 5.41) is 0. The molecule has 1 aliphatic rings. The van der Waals surface area contributed by atoms with E-state index in [-0.39, 0.29) is 0 Å². The average Bonchev–Trinajstić information content (AvgIpc) is 2.46. The first-order valence-corrected chi connectivity index (χ1v) is 4.84. The van der Waals surface area contributed by atoms with Crippen molar-refractivity contribution in [3.63, 3.8) is 0 Å². The number of hydrogen-bond acceptors (Lipinski definition) is 1. The van der Waals surface area contributed by atoms with Crippen LogP contribution in [0.5, 0.6) is 0 Å². The Hall–Kier alpha value is -1.11. The van der Waals surface area contributed by atoms with Gasteiger partial charge in [-0.3, -0.25) is 4.99 Å². The molecule has 0 aliphatic carbocycles. The number of benzene rings is 1. The van der Waals surface area contributed by atoms with E-state index in [1.807, 2.05) is 0 Å². The van der Waals surface area contributed by atoms with Crippen molar-refractivity contribution in [2.24, 2.45) is 10.9 Å². The summed E-state index contributed by atoms with van der Waals surface area (Å²) in [5.74, 6) is 0.577. The second kappa shape index (κ2) is 2.99. The molecule has 13 heavy (non-hydrogen) atoms. The van der Waals surface area contributed by atoms with E-state index in [1.165, 1.54) is 22.5 Å². The van der Waals surface area contributed by atoms with Crippen LogP contribution in [0, 0.1) is 12.8 Å². The van der Waals surface area contributed by atoms with Crippen molar-refractivity contribution >= 4 is 11.4 Å². The standard InChI is InChI=1S/C12H15N/c1-8(2)11-7-10-5-4-9(3)6-12(10)13-11/h4-6,8H,7H2,1-3H3. The predicted octanol–water partition coefficient (Wildman–Crippen LogP) is 3.28. The SMILES string of the molecule is Cc1ccc2c(c1)N=C(C(C)C)C2. The molecule has 0 N–H and O–H groups in total. The monoisotopic (exact) mass is 173 g/mol. The maximum atomic E-state index is 4.63. The van der Waals surface area contributed by atoms with E-state index in [2.05, 4.69) is 44.0 Å².